The Balaban J connectivity index is 3.05. The molecule has 0 saturated heterocycles. The quantitative estimate of drug-likeness (QED) is 0.665. The molecule has 1 atom stereocenters. The largest absolute Gasteiger partial charge is 0.612 e. The van der Waals surface area contributed by atoms with Gasteiger partial charge in [-0.1, -0.05) is 32.4 Å². The van der Waals surface area contributed by atoms with E-state index in [-0.39, 0.29) is 16.9 Å². The second-order valence-electron chi connectivity index (χ2n) is 4.64. The van der Waals surface area contributed by atoms with Crippen molar-refractivity contribution in [3.63, 3.8) is 0 Å². The zero-order chi connectivity index (χ0) is 13.2. The molecule has 0 fully saturated rings. The molecule has 0 aromatic carbocycles. The molecule has 0 aliphatic rings. The van der Waals surface area contributed by atoms with Gasteiger partial charge in [-0.25, -0.2) is 4.98 Å². The van der Waals surface area contributed by atoms with Gasteiger partial charge in [-0.15, -0.1) is 0 Å². The van der Waals surface area contributed by atoms with Gasteiger partial charge in [0.15, 0.2) is 10.7 Å². The predicted octanol–water partition coefficient (Wildman–Crippen LogP) is 2.46. The molecule has 1 aromatic heterocycles. The molecular weight excluding hydrogens is 260 g/mol. The van der Waals surface area contributed by atoms with Gasteiger partial charge in [0.25, 0.3) is 0 Å². The summed E-state index contributed by atoms with van der Waals surface area (Å²) in [6.07, 6.45) is 1.53. The smallest absolute Gasteiger partial charge is 0.231 e. The summed E-state index contributed by atoms with van der Waals surface area (Å²) in [4.78, 5) is 16.3. The fourth-order valence-corrected chi connectivity index (χ4v) is 1.82. The molecule has 0 saturated carbocycles. The molecule has 1 rings (SSSR count). The van der Waals surface area contributed by atoms with E-state index < -0.39 is 16.6 Å². The predicted molar refractivity (Wildman–Crippen MR) is 69.7 cm³/mol. The minimum atomic E-state index is -1.23. The van der Waals surface area contributed by atoms with Gasteiger partial charge >= 0.3 is 0 Å². The topological polar surface area (TPSA) is 65.1 Å². The summed E-state index contributed by atoms with van der Waals surface area (Å²) >= 11 is 4.53. The van der Waals surface area contributed by atoms with Gasteiger partial charge in [-0.05, 0) is 17.2 Å². The summed E-state index contributed by atoms with van der Waals surface area (Å²) in [5, 5.41) is 2.90. The summed E-state index contributed by atoms with van der Waals surface area (Å²) < 4.78 is 11.5. The van der Waals surface area contributed by atoms with Crippen molar-refractivity contribution >= 4 is 34.5 Å². The van der Waals surface area contributed by atoms with Crippen LogP contribution in [0.3, 0.4) is 0 Å². The highest BCUT2D eigenvalue weighted by molar-refractivity contribution is 7.90. The van der Waals surface area contributed by atoms with Crippen molar-refractivity contribution < 1.29 is 9.35 Å². The lowest BCUT2D eigenvalue weighted by Gasteiger charge is -2.18. The summed E-state index contributed by atoms with van der Waals surface area (Å²) in [6.45, 7) is 5.36. The molecule has 1 amide bonds. The van der Waals surface area contributed by atoms with Gasteiger partial charge in [-0.3, -0.25) is 4.79 Å². The molecular formula is C11H15ClN2O2S. The van der Waals surface area contributed by atoms with Gasteiger partial charge in [0, 0.05) is 11.5 Å². The van der Waals surface area contributed by atoms with Crippen molar-refractivity contribution in [1.82, 2.24) is 4.98 Å². The molecule has 0 unspecified atom stereocenters. The first-order valence-corrected chi connectivity index (χ1v) is 6.97. The van der Waals surface area contributed by atoms with E-state index in [4.69, 9.17) is 11.6 Å². The number of hydrogen-bond acceptors (Lipinski definition) is 3. The third kappa shape index (κ3) is 3.87. The first-order valence-electron chi connectivity index (χ1n) is 5.03. The number of halogens is 1. The van der Waals surface area contributed by atoms with Crippen LogP contribution < -0.4 is 5.32 Å². The Labute approximate surface area is 109 Å². The van der Waals surface area contributed by atoms with Crippen LogP contribution >= 0.6 is 11.6 Å². The molecule has 1 aromatic rings. The Morgan fingerprint density at radius 1 is 1.47 bits per heavy atom. The molecule has 0 bridgehead atoms. The van der Waals surface area contributed by atoms with Crippen molar-refractivity contribution in [2.45, 2.75) is 25.7 Å². The second-order valence-corrected chi connectivity index (χ2v) is 6.37. The van der Waals surface area contributed by atoms with E-state index in [1.807, 2.05) is 0 Å². The number of carbonyl (C=O) groups is 1. The molecule has 4 nitrogen and oxygen atoms in total. The number of aromatic nitrogens is 1. The van der Waals surface area contributed by atoms with Gasteiger partial charge in [0.2, 0.25) is 5.91 Å². The van der Waals surface area contributed by atoms with Crippen molar-refractivity contribution in [3.8, 4) is 0 Å². The van der Waals surface area contributed by atoms with Crippen LogP contribution in [0.1, 0.15) is 20.8 Å². The molecule has 0 radical (unpaired) electrons. The Morgan fingerprint density at radius 2 is 2.06 bits per heavy atom. The van der Waals surface area contributed by atoms with Crippen LogP contribution in [0, 0.1) is 5.41 Å². The molecule has 17 heavy (non-hydrogen) atoms. The molecule has 0 spiro atoms. The lowest BCUT2D eigenvalue weighted by molar-refractivity contribution is -0.123. The lowest BCUT2D eigenvalue weighted by Crippen LogP contribution is -2.28. The van der Waals surface area contributed by atoms with Crippen LogP contribution in [0.15, 0.2) is 17.0 Å². The number of rotatable bonds is 2. The maximum Gasteiger partial charge on any atom is 0.231 e. The zero-order valence-corrected chi connectivity index (χ0v) is 11.8. The summed E-state index contributed by atoms with van der Waals surface area (Å²) in [7, 11) is 0. The van der Waals surface area contributed by atoms with E-state index in [0.29, 0.717) is 4.90 Å². The Bertz CT molecular complexity index is 430. The summed E-state index contributed by atoms with van der Waals surface area (Å²) in [5.74, 6) is 0.0669. The number of amides is 1. The van der Waals surface area contributed by atoms with Gasteiger partial charge in [-0.2, -0.15) is 0 Å². The van der Waals surface area contributed by atoms with Crippen molar-refractivity contribution in [1.29, 1.82) is 0 Å². The van der Waals surface area contributed by atoms with Crippen LogP contribution in [0.2, 0.25) is 5.15 Å². The maximum absolute atomic E-state index is 11.8. The number of pyridine rings is 1. The first-order chi connectivity index (χ1) is 7.71. The van der Waals surface area contributed by atoms with Crippen LogP contribution in [-0.4, -0.2) is 21.7 Å². The Kier molecular flexibility index (Phi) is 4.41. The number of nitrogens with zero attached hydrogens (tertiary/aromatic N) is 1. The minimum absolute atomic E-state index is 0.195. The second kappa shape index (κ2) is 5.25. The number of nitrogens with one attached hydrogen (secondary N) is 1. The van der Waals surface area contributed by atoms with E-state index in [0.717, 1.165) is 0 Å². The van der Waals surface area contributed by atoms with Crippen LogP contribution in [0.25, 0.3) is 0 Å². The number of hydrogen-bond donors (Lipinski definition) is 1. The van der Waals surface area contributed by atoms with Crippen LogP contribution in [0.5, 0.6) is 0 Å². The van der Waals surface area contributed by atoms with Gasteiger partial charge < -0.3 is 9.87 Å². The van der Waals surface area contributed by atoms with Gasteiger partial charge in [0.05, 0.1) is 0 Å². The summed E-state index contributed by atoms with van der Waals surface area (Å²) in [6, 6.07) is 3.15. The zero-order valence-electron chi connectivity index (χ0n) is 10.2. The van der Waals surface area contributed by atoms with E-state index in [2.05, 4.69) is 10.3 Å². The first kappa shape index (κ1) is 14.3. The lowest BCUT2D eigenvalue weighted by atomic mass is 9.96. The molecule has 0 aliphatic carbocycles. The monoisotopic (exact) mass is 274 g/mol. The fourth-order valence-electron chi connectivity index (χ4n) is 1.04. The van der Waals surface area contributed by atoms with Crippen molar-refractivity contribution in [3.05, 3.63) is 17.3 Å². The SMILES string of the molecule is C[S@@+]([O-])c1ccc(Cl)nc1NC(=O)C(C)(C)C. The highest BCUT2D eigenvalue weighted by Crippen LogP contribution is 2.24. The van der Waals surface area contributed by atoms with Crippen molar-refractivity contribution in [2.24, 2.45) is 5.41 Å². The van der Waals surface area contributed by atoms with E-state index >= 15 is 0 Å². The average Bonchev–Trinajstić information content (AvgIpc) is 2.15. The van der Waals surface area contributed by atoms with E-state index in [1.54, 1.807) is 32.9 Å². The minimum Gasteiger partial charge on any atom is -0.612 e. The maximum atomic E-state index is 11.8. The Hall–Kier alpha value is -0.780. The standard InChI is InChI=1S/C11H15ClN2O2S/c1-11(2,3)10(15)14-9-7(17(4)16)5-6-8(12)13-9/h5-6H,1-4H3,(H,13,14,15)/t17-/m1/s1. The molecule has 0 aliphatic heterocycles. The highest BCUT2D eigenvalue weighted by Gasteiger charge is 2.24. The molecule has 1 heterocycles. The van der Waals surface area contributed by atoms with E-state index in [9.17, 15) is 9.35 Å². The normalized spacial score (nSPS) is 13.3. The summed E-state index contributed by atoms with van der Waals surface area (Å²) in [5.41, 5.74) is -0.545. The third-order valence-corrected chi connectivity index (χ3v) is 3.21. The van der Waals surface area contributed by atoms with Crippen molar-refractivity contribution in [2.75, 3.05) is 11.6 Å². The highest BCUT2D eigenvalue weighted by atomic mass is 35.5. The third-order valence-electron chi connectivity index (χ3n) is 2.05. The van der Waals surface area contributed by atoms with E-state index in [1.165, 1.54) is 6.26 Å². The molecule has 94 valence electrons. The van der Waals surface area contributed by atoms with Crippen LogP contribution in [0.4, 0.5) is 5.82 Å². The molecule has 6 heteroatoms. The fraction of sp³-hybridized carbons (Fsp3) is 0.455. The Morgan fingerprint density at radius 3 is 2.53 bits per heavy atom. The number of anilines is 1. The number of carbonyl (C=O) groups excluding carboxylic acids is 1. The van der Waals surface area contributed by atoms with Crippen LogP contribution in [-0.2, 0) is 16.0 Å². The molecule has 1 N–H and O–H groups in total. The average molecular weight is 275 g/mol. The van der Waals surface area contributed by atoms with Gasteiger partial charge in [0.1, 0.15) is 11.4 Å².